The standard InChI is InChI=1S/C15H21NO2S/c1-19-13-8-6-12(7-9-13)15(18)16-10-14(17)11-4-2-3-5-11/h6-9,11,14,17H,2-5,10H2,1H3,(H,16,18). The second kappa shape index (κ2) is 6.96. The van der Waals surface area contributed by atoms with Gasteiger partial charge in [0, 0.05) is 17.0 Å². The molecule has 0 bridgehead atoms. The summed E-state index contributed by atoms with van der Waals surface area (Å²) in [6.07, 6.45) is 6.17. The third kappa shape index (κ3) is 3.98. The average Bonchev–Trinajstić information content (AvgIpc) is 2.98. The number of amides is 1. The van der Waals surface area contributed by atoms with Crippen LogP contribution in [0.15, 0.2) is 29.2 Å². The van der Waals surface area contributed by atoms with Crippen LogP contribution in [0.25, 0.3) is 0 Å². The highest BCUT2D eigenvalue weighted by atomic mass is 32.2. The summed E-state index contributed by atoms with van der Waals surface area (Å²) in [4.78, 5) is 13.1. The van der Waals surface area contributed by atoms with Crippen molar-refractivity contribution < 1.29 is 9.90 Å². The van der Waals surface area contributed by atoms with E-state index in [2.05, 4.69) is 5.32 Å². The van der Waals surface area contributed by atoms with Crippen LogP contribution in [0.4, 0.5) is 0 Å². The van der Waals surface area contributed by atoms with Crippen LogP contribution >= 0.6 is 11.8 Å². The van der Waals surface area contributed by atoms with Gasteiger partial charge in [-0.05, 0) is 49.3 Å². The number of thioether (sulfide) groups is 1. The Morgan fingerprint density at radius 1 is 1.37 bits per heavy atom. The van der Waals surface area contributed by atoms with E-state index in [-0.39, 0.29) is 5.91 Å². The monoisotopic (exact) mass is 279 g/mol. The lowest BCUT2D eigenvalue weighted by Gasteiger charge is -2.18. The van der Waals surface area contributed by atoms with E-state index in [9.17, 15) is 9.90 Å². The molecule has 0 heterocycles. The van der Waals surface area contributed by atoms with Crippen LogP contribution in [0.5, 0.6) is 0 Å². The zero-order valence-electron chi connectivity index (χ0n) is 11.3. The topological polar surface area (TPSA) is 49.3 Å². The summed E-state index contributed by atoms with van der Waals surface area (Å²) in [5, 5.41) is 12.8. The Hall–Kier alpha value is -1.00. The van der Waals surface area contributed by atoms with Crippen molar-refractivity contribution in [3.8, 4) is 0 Å². The highest BCUT2D eigenvalue weighted by Crippen LogP contribution is 2.27. The molecule has 4 heteroatoms. The first kappa shape index (κ1) is 14.4. The van der Waals surface area contributed by atoms with E-state index in [4.69, 9.17) is 0 Å². The van der Waals surface area contributed by atoms with E-state index in [0.29, 0.717) is 18.0 Å². The van der Waals surface area contributed by atoms with Gasteiger partial charge in [-0.2, -0.15) is 0 Å². The molecule has 0 aliphatic heterocycles. The Morgan fingerprint density at radius 3 is 2.58 bits per heavy atom. The van der Waals surface area contributed by atoms with E-state index in [0.717, 1.165) is 17.7 Å². The molecule has 1 aliphatic rings. The lowest BCUT2D eigenvalue weighted by molar-refractivity contribution is 0.0840. The molecule has 1 atom stereocenters. The SMILES string of the molecule is CSc1ccc(C(=O)NCC(O)C2CCCC2)cc1. The number of nitrogens with one attached hydrogen (secondary N) is 1. The van der Waals surface area contributed by atoms with Crippen molar-refractivity contribution in [2.45, 2.75) is 36.7 Å². The van der Waals surface area contributed by atoms with Crippen molar-refractivity contribution in [1.82, 2.24) is 5.32 Å². The van der Waals surface area contributed by atoms with Crippen LogP contribution in [0.1, 0.15) is 36.0 Å². The third-order valence-electron chi connectivity index (χ3n) is 3.77. The van der Waals surface area contributed by atoms with Gasteiger partial charge in [-0.1, -0.05) is 12.8 Å². The fourth-order valence-electron chi connectivity index (χ4n) is 2.55. The molecular weight excluding hydrogens is 258 g/mol. The third-order valence-corrected chi connectivity index (χ3v) is 4.51. The molecule has 1 amide bonds. The number of benzene rings is 1. The highest BCUT2D eigenvalue weighted by Gasteiger charge is 2.23. The number of hydrogen-bond donors (Lipinski definition) is 2. The largest absolute Gasteiger partial charge is 0.391 e. The number of aliphatic hydroxyl groups excluding tert-OH is 1. The van der Waals surface area contributed by atoms with Gasteiger partial charge < -0.3 is 10.4 Å². The molecule has 1 unspecified atom stereocenters. The number of carbonyl (C=O) groups is 1. The predicted molar refractivity (Wildman–Crippen MR) is 78.5 cm³/mol. The fourth-order valence-corrected chi connectivity index (χ4v) is 2.96. The first-order chi connectivity index (χ1) is 9.20. The van der Waals surface area contributed by atoms with Crippen LogP contribution in [-0.4, -0.2) is 29.9 Å². The van der Waals surface area contributed by atoms with E-state index in [1.807, 2.05) is 30.5 Å². The van der Waals surface area contributed by atoms with Crippen molar-refractivity contribution >= 4 is 17.7 Å². The van der Waals surface area contributed by atoms with Gasteiger partial charge in [0.05, 0.1) is 6.10 Å². The zero-order chi connectivity index (χ0) is 13.7. The number of aliphatic hydroxyl groups is 1. The molecule has 1 aromatic carbocycles. The summed E-state index contributed by atoms with van der Waals surface area (Å²) < 4.78 is 0. The van der Waals surface area contributed by atoms with Crippen molar-refractivity contribution in [2.75, 3.05) is 12.8 Å². The first-order valence-corrected chi connectivity index (χ1v) is 8.03. The van der Waals surface area contributed by atoms with Gasteiger partial charge in [0.15, 0.2) is 0 Å². The highest BCUT2D eigenvalue weighted by molar-refractivity contribution is 7.98. The maximum Gasteiger partial charge on any atom is 0.251 e. The Morgan fingerprint density at radius 2 is 2.00 bits per heavy atom. The second-order valence-corrected chi connectivity index (χ2v) is 5.93. The van der Waals surface area contributed by atoms with E-state index in [1.165, 1.54) is 12.8 Å². The molecule has 1 aliphatic carbocycles. The average molecular weight is 279 g/mol. The summed E-state index contributed by atoms with van der Waals surface area (Å²) in [5.41, 5.74) is 0.649. The van der Waals surface area contributed by atoms with Gasteiger partial charge >= 0.3 is 0 Å². The molecule has 1 saturated carbocycles. The van der Waals surface area contributed by atoms with E-state index >= 15 is 0 Å². The van der Waals surface area contributed by atoms with Crippen molar-refractivity contribution in [2.24, 2.45) is 5.92 Å². The maximum absolute atomic E-state index is 11.9. The van der Waals surface area contributed by atoms with Crippen LogP contribution in [0.3, 0.4) is 0 Å². The molecule has 19 heavy (non-hydrogen) atoms. The van der Waals surface area contributed by atoms with Crippen LogP contribution < -0.4 is 5.32 Å². The minimum absolute atomic E-state index is 0.107. The Kier molecular flexibility index (Phi) is 5.28. The summed E-state index contributed by atoms with van der Waals surface area (Å²) in [6, 6.07) is 7.52. The molecule has 0 spiro atoms. The van der Waals surface area contributed by atoms with Gasteiger partial charge in [0.2, 0.25) is 0 Å². The molecular formula is C15H21NO2S. The lowest BCUT2D eigenvalue weighted by Crippen LogP contribution is -2.35. The quantitative estimate of drug-likeness (QED) is 0.815. The zero-order valence-corrected chi connectivity index (χ0v) is 12.1. The lowest BCUT2D eigenvalue weighted by atomic mass is 10.0. The Bertz CT molecular complexity index is 413. The molecule has 2 N–H and O–H groups in total. The molecule has 2 rings (SSSR count). The summed E-state index contributed by atoms with van der Waals surface area (Å²) >= 11 is 1.65. The Labute approximate surface area is 118 Å². The van der Waals surface area contributed by atoms with E-state index < -0.39 is 6.10 Å². The molecule has 0 radical (unpaired) electrons. The van der Waals surface area contributed by atoms with Crippen LogP contribution in [0.2, 0.25) is 0 Å². The van der Waals surface area contributed by atoms with Crippen molar-refractivity contribution in [3.05, 3.63) is 29.8 Å². The Balaban J connectivity index is 1.82. The van der Waals surface area contributed by atoms with Gasteiger partial charge in [0.25, 0.3) is 5.91 Å². The normalized spacial score (nSPS) is 17.4. The summed E-state index contributed by atoms with van der Waals surface area (Å²) in [5.74, 6) is 0.254. The van der Waals surface area contributed by atoms with Gasteiger partial charge in [-0.3, -0.25) is 4.79 Å². The summed E-state index contributed by atoms with van der Waals surface area (Å²) in [7, 11) is 0. The van der Waals surface area contributed by atoms with Gasteiger partial charge in [-0.25, -0.2) is 0 Å². The molecule has 0 saturated heterocycles. The van der Waals surface area contributed by atoms with Crippen LogP contribution in [0, 0.1) is 5.92 Å². The fraction of sp³-hybridized carbons (Fsp3) is 0.533. The molecule has 104 valence electrons. The predicted octanol–water partition coefficient (Wildman–Crippen LogP) is 2.69. The van der Waals surface area contributed by atoms with E-state index in [1.54, 1.807) is 11.8 Å². The maximum atomic E-state index is 11.9. The smallest absolute Gasteiger partial charge is 0.251 e. The number of carbonyl (C=O) groups excluding carboxylic acids is 1. The minimum atomic E-state index is -0.406. The van der Waals surface area contributed by atoms with Crippen molar-refractivity contribution in [1.29, 1.82) is 0 Å². The molecule has 0 aromatic heterocycles. The van der Waals surface area contributed by atoms with Gasteiger partial charge in [-0.15, -0.1) is 11.8 Å². The van der Waals surface area contributed by atoms with Crippen molar-refractivity contribution in [3.63, 3.8) is 0 Å². The van der Waals surface area contributed by atoms with Gasteiger partial charge in [0.1, 0.15) is 0 Å². The first-order valence-electron chi connectivity index (χ1n) is 6.81. The number of hydrogen-bond acceptors (Lipinski definition) is 3. The number of rotatable bonds is 5. The van der Waals surface area contributed by atoms with Crippen LogP contribution in [-0.2, 0) is 0 Å². The minimum Gasteiger partial charge on any atom is -0.391 e. The molecule has 3 nitrogen and oxygen atoms in total. The molecule has 1 aromatic rings. The summed E-state index contributed by atoms with van der Waals surface area (Å²) in [6.45, 7) is 0.355. The second-order valence-electron chi connectivity index (χ2n) is 5.05. The molecule has 1 fully saturated rings.